The summed E-state index contributed by atoms with van der Waals surface area (Å²) in [6.45, 7) is 0. The summed E-state index contributed by atoms with van der Waals surface area (Å²) in [7, 11) is 0.666. The lowest BCUT2D eigenvalue weighted by molar-refractivity contribution is 0.454. The molecule has 0 fully saturated rings. The monoisotopic (exact) mass is 1410 g/mol. The van der Waals surface area contributed by atoms with Crippen LogP contribution in [-0.2, 0) is 10.8 Å². The van der Waals surface area contributed by atoms with Gasteiger partial charge in [-0.25, -0.2) is 19.9 Å². The molecule has 0 aliphatic heterocycles. The van der Waals surface area contributed by atoms with Crippen LogP contribution in [-0.4, -0.2) is 42.6 Å². The van der Waals surface area contributed by atoms with Crippen molar-refractivity contribution in [2.24, 2.45) is 0 Å². The zero-order valence-electron chi connectivity index (χ0n) is 57.8. The molecule has 1 radical (unpaired) electrons. The molecule has 0 unspecified atom stereocenters. The van der Waals surface area contributed by atoms with Crippen molar-refractivity contribution in [2.45, 2.75) is 10.8 Å². The van der Waals surface area contributed by atoms with Gasteiger partial charge >= 0.3 is 7.69 Å². The molecule has 0 bridgehead atoms. The van der Waals surface area contributed by atoms with Crippen molar-refractivity contribution < 1.29 is 18.5 Å². The molecular weight excluding hydrogens is 1350 g/mol. The van der Waals surface area contributed by atoms with Crippen LogP contribution in [0.15, 0.2) is 361 Å². The number of fused-ring (bicyclic) bond motifs is 22. The number of pyridine rings is 4. The number of hydrogen-bond donors (Lipinski definition) is 1. The van der Waals surface area contributed by atoms with Gasteiger partial charge < -0.3 is 18.5 Å². The van der Waals surface area contributed by atoms with Crippen molar-refractivity contribution in [1.82, 2.24) is 29.9 Å². The number of aromatic nitrogens is 6. The Morgan fingerprint density at radius 3 is 0.954 bits per heavy atom. The normalized spacial score (nSPS) is 12.9. The Morgan fingerprint density at radius 2 is 0.602 bits per heavy atom. The van der Waals surface area contributed by atoms with E-state index in [0.717, 1.165) is 78.1 Å². The second-order valence-corrected chi connectivity index (χ2v) is 27.7. The molecule has 6 aromatic heterocycles. The minimum absolute atomic E-state index is 0.382. The van der Waals surface area contributed by atoms with Crippen LogP contribution in [0.1, 0.15) is 44.5 Å². The molecule has 6 heterocycles. The maximum absolute atomic E-state index is 8.45. The predicted molar refractivity (Wildman–Crippen MR) is 430 cm³/mol. The van der Waals surface area contributed by atoms with Gasteiger partial charge in [-0.1, -0.05) is 242 Å². The highest BCUT2D eigenvalue weighted by molar-refractivity contribution is 6.30. The fraction of sp³-hybridized carbons (Fsp3) is 0.0208. The van der Waals surface area contributed by atoms with E-state index in [4.69, 9.17) is 45.1 Å². The second-order valence-electron chi connectivity index (χ2n) is 27.3. The molecule has 507 valence electrons. The van der Waals surface area contributed by atoms with Crippen LogP contribution < -0.4 is 4.65 Å². The van der Waals surface area contributed by atoms with Crippen molar-refractivity contribution in [1.29, 1.82) is 0 Å². The molecule has 0 atom stereocenters. The average Bonchev–Trinajstić information content (AvgIpc) is 1.52. The lowest BCUT2D eigenvalue weighted by Crippen LogP contribution is -2.25. The predicted octanol–water partition coefficient (Wildman–Crippen LogP) is 22.8. The first-order valence-electron chi connectivity index (χ1n) is 35.8. The standard InChI is InChI=1S/C48H29N3O.C37H21ClN2O.C11H9BNO2/c1-4-12-40-36(9-1)37-10-2-5-13-41(37)48(40)42-14-6-3-11-38(42)39-24-23-34(28-43(39)48)44-25-26-45-47(50-44)52-46(51-45)33-21-19-31(20-22-33)30-15-17-32(18-16-30)35-8-7-27-49-29-35;38-24-16-13-22(14-17-24)35-40-34-20-19-33(39-36(34)41-35)23-15-18-28-27-9-3-6-12-31(27)37(32(28)21-23)29-10-4-1-7-25(29)26-8-2-5-11-30(26)37;14-12-15-11-5-3-9(4-6-11)10-2-1-7-13-8-10/h1-29H;1-21H;1-8,14H. The van der Waals surface area contributed by atoms with Gasteiger partial charge in [0.25, 0.3) is 0 Å². The number of rotatable bonds is 9. The van der Waals surface area contributed by atoms with E-state index in [1.807, 2.05) is 79.0 Å². The Labute approximate surface area is 628 Å². The highest BCUT2D eigenvalue weighted by Gasteiger charge is 2.53. The molecule has 108 heavy (non-hydrogen) atoms. The molecule has 2 spiro atoms. The zero-order chi connectivity index (χ0) is 71.9. The van der Waals surface area contributed by atoms with Gasteiger partial charge in [0.05, 0.1) is 22.2 Å². The Kier molecular flexibility index (Phi) is 15.5. The Morgan fingerprint density at radius 1 is 0.287 bits per heavy atom. The van der Waals surface area contributed by atoms with Gasteiger partial charge in [0.1, 0.15) is 16.8 Å². The summed E-state index contributed by atoms with van der Waals surface area (Å²) in [5.74, 6) is 1.69. The molecule has 22 rings (SSSR count). The van der Waals surface area contributed by atoms with Crippen LogP contribution in [0.5, 0.6) is 5.75 Å². The molecule has 4 aliphatic rings. The summed E-state index contributed by atoms with van der Waals surface area (Å²) < 4.78 is 17.3. The highest BCUT2D eigenvalue weighted by atomic mass is 35.5. The van der Waals surface area contributed by atoms with Crippen molar-refractivity contribution in [2.75, 3.05) is 0 Å². The fourth-order valence-corrected chi connectivity index (χ4v) is 16.9. The van der Waals surface area contributed by atoms with Gasteiger partial charge in [0.15, 0.2) is 0 Å². The summed E-state index contributed by atoms with van der Waals surface area (Å²) in [5, 5.41) is 9.12. The molecule has 0 amide bonds. The van der Waals surface area contributed by atoms with Crippen molar-refractivity contribution >= 4 is 41.7 Å². The van der Waals surface area contributed by atoms with Gasteiger partial charge in [0, 0.05) is 52.1 Å². The van der Waals surface area contributed by atoms with Gasteiger partial charge in [-0.3, -0.25) is 9.97 Å². The van der Waals surface area contributed by atoms with E-state index in [-0.39, 0.29) is 5.41 Å². The van der Waals surface area contributed by atoms with Gasteiger partial charge in [0.2, 0.25) is 23.2 Å². The van der Waals surface area contributed by atoms with Crippen LogP contribution in [0.25, 0.3) is 146 Å². The number of hydrogen-bond acceptors (Lipinski definition) is 10. The van der Waals surface area contributed by atoms with E-state index in [0.29, 0.717) is 41.7 Å². The molecule has 4 aliphatic carbocycles. The molecule has 12 heteroatoms. The average molecular weight is 1410 g/mol. The third-order valence-electron chi connectivity index (χ3n) is 21.6. The summed E-state index contributed by atoms with van der Waals surface area (Å²) in [4.78, 5) is 27.7. The molecule has 10 nitrogen and oxygen atoms in total. The summed E-state index contributed by atoms with van der Waals surface area (Å²) >= 11 is 6.07. The topological polar surface area (TPSA) is 133 Å². The van der Waals surface area contributed by atoms with Crippen LogP contribution in [0.4, 0.5) is 0 Å². The van der Waals surface area contributed by atoms with Crippen molar-refractivity contribution in [3.63, 3.8) is 0 Å². The SMILES string of the molecule is Clc1ccc(-c2nc3ccc(-c4ccc5c(c4)C4(c6ccccc6-c6ccccc64)c4ccccc4-5)nc3o2)cc1.O[B]Oc1ccc(-c2cccnc2)cc1.c1cncc(-c2ccc(-c3ccc(-c4nc5ccc(-c6ccc7c(c6)C6(c8ccccc8-c8ccccc86)c6ccccc6-7)nc5o4)cc3)cc2)c1. The Balaban J connectivity index is 0.000000122. The van der Waals surface area contributed by atoms with Crippen LogP contribution in [0.2, 0.25) is 5.02 Å². The molecule has 0 saturated carbocycles. The first-order chi connectivity index (χ1) is 53.4. The number of benzene rings is 12. The number of halogens is 1. The van der Waals surface area contributed by atoms with Gasteiger partial charge in [-0.2, -0.15) is 0 Å². The number of oxazole rings is 2. The zero-order valence-corrected chi connectivity index (χ0v) is 58.6. The van der Waals surface area contributed by atoms with Crippen molar-refractivity contribution in [3.8, 4) is 129 Å². The smallest absolute Gasteiger partial charge is 0.537 e. The second kappa shape index (κ2) is 26.2. The quantitative estimate of drug-likeness (QED) is 0.139. The van der Waals surface area contributed by atoms with Crippen LogP contribution >= 0.6 is 11.6 Å². The maximum Gasteiger partial charge on any atom is 0.569 e. The minimum Gasteiger partial charge on any atom is -0.537 e. The van der Waals surface area contributed by atoms with Crippen LogP contribution in [0, 0.1) is 0 Å². The van der Waals surface area contributed by atoms with Gasteiger partial charge in [-0.05, 0) is 219 Å². The van der Waals surface area contributed by atoms with E-state index >= 15 is 0 Å². The molecule has 0 saturated heterocycles. The number of nitrogens with zero attached hydrogens (tertiary/aromatic N) is 6. The lowest BCUT2D eigenvalue weighted by atomic mass is 9.70. The molecule has 12 aromatic carbocycles. The first kappa shape index (κ1) is 63.9. The summed E-state index contributed by atoms with van der Waals surface area (Å²) in [6.07, 6.45) is 7.22. The molecule has 1 N–H and O–H groups in total. The van der Waals surface area contributed by atoms with E-state index in [9.17, 15) is 0 Å². The van der Waals surface area contributed by atoms with E-state index in [2.05, 4.69) is 258 Å². The molecule has 18 aromatic rings. The third kappa shape index (κ3) is 10.5. The van der Waals surface area contributed by atoms with E-state index < -0.39 is 5.41 Å². The Bertz CT molecular complexity index is 6400. The highest BCUT2D eigenvalue weighted by Crippen LogP contribution is 2.65. The Hall–Kier alpha value is -13.7. The lowest BCUT2D eigenvalue weighted by Gasteiger charge is -2.30. The summed E-state index contributed by atoms with van der Waals surface area (Å²) in [6, 6.07) is 115. The first-order valence-corrected chi connectivity index (χ1v) is 36.2. The van der Waals surface area contributed by atoms with Crippen molar-refractivity contribution in [3.05, 3.63) is 402 Å². The summed E-state index contributed by atoms with van der Waals surface area (Å²) in [5.41, 5.74) is 34.8. The largest absolute Gasteiger partial charge is 0.569 e. The third-order valence-corrected chi connectivity index (χ3v) is 21.8. The maximum atomic E-state index is 8.45. The molecular formula is C96H59BClN6O4. The van der Waals surface area contributed by atoms with Gasteiger partial charge in [-0.15, -0.1) is 0 Å². The van der Waals surface area contributed by atoms with E-state index in [1.165, 1.54) is 89.0 Å². The van der Waals surface area contributed by atoms with E-state index in [1.54, 1.807) is 30.7 Å². The van der Waals surface area contributed by atoms with Crippen LogP contribution in [0.3, 0.4) is 0 Å². The fourth-order valence-electron chi connectivity index (χ4n) is 16.8. The minimum atomic E-state index is -0.397.